The lowest BCUT2D eigenvalue weighted by Gasteiger charge is -2.12. The molecule has 1 fully saturated rings. The molecule has 0 atom stereocenters. The van der Waals surface area contributed by atoms with E-state index in [1.165, 1.54) is 25.0 Å². The molecule has 0 aliphatic heterocycles. The second-order valence-electron chi connectivity index (χ2n) is 5.16. The number of nitrogens with one attached hydrogen (secondary N) is 2. The van der Waals surface area contributed by atoms with Crippen molar-refractivity contribution in [3.8, 4) is 0 Å². The van der Waals surface area contributed by atoms with Crippen molar-refractivity contribution in [2.75, 3.05) is 13.1 Å². The molecule has 1 aromatic rings. The largest absolute Gasteiger partial charge is 0.313 e. The summed E-state index contributed by atoms with van der Waals surface area (Å²) in [6.45, 7) is 3.50. The molecule has 2 N–H and O–H groups in total. The first kappa shape index (κ1) is 15.4. The lowest BCUT2D eigenvalue weighted by molar-refractivity contribution is 0.568. The minimum Gasteiger partial charge on any atom is -0.313 e. The summed E-state index contributed by atoms with van der Waals surface area (Å²) in [5.41, 5.74) is 0.590. The van der Waals surface area contributed by atoms with E-state index in [-0.39, 0.29) is 4.90 Å². The fourth-order valence-corrected chi connectivity index (χ4v) is 3.36. The maximum atomic E-state index is 13.3. The van der Waals surface area contributed by atoms with E-state index in [1.54, 1.807) is 0 Å². The fraction of sp³-hybridized carbons (Fsp3) is 0.571. The van der Waals surface area contributed by atoms with Gasteiger partial charge in [0.05, 0.1) is 4.90 Å². The molecule has 20 heavy (non-hydrogen) atoms. The number of rotatable bonds is 8. The van der Waals surface area contributed by atoms with Gasteiger partial charge in [0.1, 0.15) is 5.82 Å². The third kappa shape index (κ3) is 4.26. The van der Waals surface area contributed by atoms with Gasteiger partial charge in [-0.05, 0) is 36.6 Å². The van der Waals surface area contributed by atoms with Gasteiger partial charge in [0.15, 0.2) is 0 Å². The Kier molecular flexibility index (Phi) is 5.12. The second kappa shape index (κ2) is 6.65. The lowest BCUT2D eigenvalue weighted by atomic mass is 10.2. The molecule has 1 aliphatic rings. The molecule has 0 spiro atoms. The third-order valence-electron chi connectivity index (χ3n) is 3.43. The Hall–Kier alpha value is -0.980. The molecular weight excluding hydrogens is 279 g/mol. The van der Waals surface area contributed by atoms with Gasteiger partial charge >= 0.3 is 0 Å². The maximum Gasteiger partial charge on any atom is 0.240 e. The monoisotopic (exact) mass is 300 g/mol. The molecule has 0 aromatic heterocycles. The Labute approximate surface area is 119 Å². The van der Waals surface area contributed by atoms with Crippen LogP contribution in [-0.4, -0.2) is 21.5 Å². The predicted octanol–water partition coefficient (Wildman–Crippen LogP) is 2.01. The molecule has 0 saturated heterocycles. The summed E-state index contributed by atoms with van der Waals surface area (Å²) >= 11 is 0. The Morgan fingerprint density at radius 3 is 2.75 bits per heavy atom. The molecule has 6 heteroatoms. The van der Waals surface area contributed by atoms with Crippen molar-refractivity contribution >= 4 is 10.0 Å². The van der Waals surface area contributed by atoms with Crippen LogP contribution < -0.4 is 10.0 Å². The van der Waals surface area contributed by atoms with Gasteiger partial charge in [0.25, 0.3) is 0 Å². The predicted molar refractivity (Wildman–Crippen MR) is 76.3 cm³/mol. The highest BCUT2D eigenvalue weighted by molar-refractivity contribution is 7.89. The molecule has 4 nitrogen and oxygen atoms in total. The number of halogens is 1. The van der Waals surface area contributed by atoms with E-state index in [1.807, 2.05) is 6.92 Å². The Balaban J connectivity index is 2.12. The van der Waals surface area contributed by atoms with Crippen LogP contribution in [0.4, 0.5) is 4.39 Å². The van der Waals surface area contributed by atoms with Gasteiger partial charge < -0.3 is 5.32 Å². The highest BCUT2D eigenvalue weighted by atomic mass is 32.2. The molecule has 0 bridgehead atoms. The van der Waals surface area contributed by atoms with Crippen LogP contribution in [-0.2, 0) is 16.6 Å². The molecule has 0 heterocycles. The average molecular weight is 300 g/mol. The third-order valence-corrected chi connectivity index (χ3v) is 4.97. The normalized spacial score (nSPS) is 15.5. The first-order valence-corrected chi connectivity index (χ1v) is 8.50. The molecule has 112 valence electrons. The summed E-state index contributed by atoms with van der Waals surface area (Å²) in [6.07, 6.45) is 3.23. The summed E-state index contributed by atoms with van der Waals surface area (Å²) < 4.78 is 40.4. The smallest absolute Gasteiger partial charge is 0.240 e. The zero-order chi connectivity index (χ0) is 14.6. The minimum atomic E-state index is -3.64. The standard InChI is InChI=1S/C14H21FN2O2S/c1-2-16-10-12-5-6-13(15)9-14(12)20(18,19)17-8-7-11-3-4-11/h5-6,9,11,16-17H,2-4,7-8,10H2,1H3. The number of sulfonamides is 1. The van der Waals surface area contributed by atoms with E-state index < -0.39 is 15.8 Å². The van der Waals surface area contributed by atoms with Crippen molar-refractivity contribution in [1.82, 2.24) is 10.0 Å². The number of hydrogen-bond acceptors (Lipinski definition) is 3. The van der Waals surface area contributed by atoms with E-state index in [9.17, 15) is 12.8 Å². The van der Waals surface area contributed by atoms with Crippen molar-refractivity contribution in [2.45, 2.75) is 37.6 Å². The topological polar surface area (TPSA) is 58.2 Å². The highest BCUT2D eigenvalue weighted by Gasteiger charge is 2.23. The van der Waals surface area contributed by atoms with Crippen molar-refractivity contribution in [3.05, 3.63) is 29.6 Å². The maximum absolute atomic E-state index is 13.3. The van der Waals surface area contributed by atoms with Crippen LogP contribution in [0, 0.1) is 11.7 Å². The Morgan fingerprint density at radius 2 is 2.10 bits per heavy atom. The van der Waals surface area contributed by atoms with E-state index in [0.717, 1.165) is 19.0 Å². The Morgan fingerprint density at radius 1 is 1.35 bits per heavy atom. The van der Waals surface area contributed by atoms with Gasteiger partial charge in [0, 0.05) is 13.1 Å². The van der Waals surface area contributed by atoms with Gasteiger partial charge in [-0.25, -0.2) is 17.5 Å². The minimum absolute atomic E-state index is 0.0363. The van der Waals surface area contributed by atoms with Crippen LogP contribution >= 0.6 is 0 Å². The zero-order valence-electron chi connectivity index (χ0n) is 11.7. The number of benzene rings is 1. The molecule has 1 aromatic carbocycles. The number of hydrogen-bond donors (Lipinski definition) is 2. The van der Waals surface area contributed by atoms with E-state index in [2.05, 4.69) is 10.0 Å². The van der Waals surface area contributed by atoms with Crippen molar-refractivity contribution in [1.29, 1.82) is 0 Å². The summed E-state index contributed by atoms with van der Waals surface area (Å²) in [7, 11) is -3.64. The van der Waals surface area contributed by atoms with Crippen molar-refractivity contribution in [2.24, 2.45) is 5.92 Å². The van der Waals surface area contributed by atoms with E-state index in [0.29, 0.717) is 24.6 Å². The van der Waals surface area contributed by atoms with Crippen molar-refractivity contribution < 1.29 is 12.8 Å². The lowest BCUT2D eigenvalue weighted by Crippen LogP contribution is -2.27. The molecular formula is C14H21FN2O2S. The second-order valence-corrected chi connectivity index (χ2v) is 6.90. The van der Waals surface area contributed by atoms with Crippen LogP contribution in [0.15, 0.2) is 23.1 Å². The van der Waals surface area contributed by atoms with Gasteiger partial charge in [-0.15, -0.1) is 0 Å². The molecule has 0 amide bonds. The van der Waals surface area contributed by atoms with Crippen LogP contribution in [0.1, 0.15) is 31.7 Å². The summed E-state index contributed by atoms with van der Waals surface area (Å²) in [4.78, 5) is 0.0363. The van der Waals surface area contributed by atoms with Crippen LogP contribution in [0.2, 0.25) is 0 Å². The first-order chi connectivity index (χ1) is 9.53. The van der Waals surface area contributed by atoms with Gasteiger partial charge in [-0.3, -0.25) is 0 Å². The van der Waals surface area contributed by atoms with Crippen LogP contribution in [0.25, 0.3) is 0 Å². The van der Waals surface area contributed by atoms with Gasteiger partial charge in [-0.1, -0.05) is 25.8 Å². The molecule has 0 unspecified atom stereocenters. The SMILES string of the molecule is CCNCc1ccc(F)cc1S(=O)(=O)NCCC1CC1. The average Bonchev–Trinajstić information content (AvgIpc) is 3.21. The summed E-state index contributed by atoms with van der Waals surface area (Å²) in [6, 6.07) is 3.90. The molecule has 1 saturated carbocycles. The van der Waals surface area contributed by atoms with Gasteiger partial charge in [-0.2, -0.15) is 0 Å². The van der Waals surface area contributed by atoms with E-state index in [4.69, 9.17) is 0 Å². The first-order valence-electron chi connectivity index (χ1n) is 7.01. The summed E-state index contributed by atoms with van der Waals surface area (Å²) in [5, 5.41) is 3.07. The zero-order valence-corrected chi connectivity index (χ0v) is 12.5. The molecule has 1 aliphatic carbocycles. The fourth-order valence-electron chi connectivity index (χ4n) is 2.07. The Bertz CT molecular complexity index is 556. The van der Waals surface area contributed by atoms with Crippen LogP contribution in [0.3, 0.4) is 0 Å². The quantitative estimate of drug-likeness (QED) is 0.772. The van der Waals surface area contributed by atoms with Crippen LogP contribution in [0.5, 0.6) is 0 Å². The van der Waals surface area contributed by atoms with E-state index >= 15 is 0 Å². The van der Waals surface area contributed by atoms with Crippen molar-refractivity contribution in [3.63, 3.8) is 0 Å². The highest BCUT2D eigenvalue weighted by Crippen LogP contribution is 2.31. The summed E-state index contributed by atoms with van der Waals surface area (Å²) in [5.74, 6) is 0.124. The molecule has 2 rings (SSSR count). The molecule has 0 radical (unpaired) electrons. The van der Waals surface area contributed by atoms with Gasteiger partial charge in [0.2, 0.25) is 10.0 Å².